The Morgan fingerprint density at radius 3 is 2.32 bits per heavy atom. The van der Waals surface area contributed by atoms with E-state index in [1.807, 2.05) is 39.0 Å². The van der Waals surface area contributed by atoms with Crippen molar-refractivity contribution in [2.45, 2.75) is 32.6 Å². The van der Waals surface area contributed by atoms with Gasteiger partial charge in [-0.05, 0) is 17.7 Å². The van der Waals surface area contributed by atoms with Crippen molar-refractivity contribution >= 4 is 33.8 Å². The van der Waals surface area contributed by atoms with Gasteiger partial charge in [0.05, 0.1) is 27.2 Å². The molecule has 0 unspecified atom stereocenters. The lowest BCUT2D eigenvalue weighted by molar-refractivity contribution is -0.394. The summed E-state index contributed by atoms with van der Waals surface area (Å²) >= 11 is 1.28. The normalized spacial score (nSPS) is 12.4. The summed E-state index contributed by atoms with van der Waals surface area (Å²) in [7, 11) is 0. The van der Waals surface area contributed by atoms with E-state index in [1.54, 1.807) is 0 Å². The average molecular weight is 484 g/mol. The van der Waals surface area contributed by atoms with Crippen molar-refractivity contribution < 1.29 is 24.1 Å². The van der Waals surface area contributed by atoms with Crippen molar-refractivity contribution in [2.75, 3.05) is 12.1 Å². The van der Waals surface area contributed by atoms with Gasteiger partial charge in [-0.25, -0.2) is 4.98 Å². The van der Waals surface area contributed by atoms with Crippen molar-refractivity contribution in [3.05, 3.63) is 78.3 Å². The number of non-ortho nitro benzene ring substituents is 2. The second-order valence-electron chi connectivity index (χ2n) is 8.61. The third-order valence-corrected chi connectivity index (χ3v) is 5.99. The van der Waals surface area contributed by atoms with Crippen molar-refractivity contribution in [3.63, 3.8) is 0 Å². The molecule has 3 aromatic rings. The minimum absolute atomic E-state index is 0.179. The zero-order valence-electron chi connectivity index (χ0n) is 18.5. The molecular weight excluding hydrogens is 464 g/mol. The number of nitro groups is 2. The Morgan fingerprint density at radius 1 is 1.06 bits per heavy atom. The molecule has 34 heavy (non-hydrogen) atoms. The van der Waals surface area contributed by atoms with Gasteiger partial charge in [-0.2, -0.15) is 0 Å². The Labute approximate surface area is 197 Å². The number of hydrogen-bond donors (Lipinski definition) is 1. The van der Waals surface area contributed by atoms with Crippen LogP contribution < -0.4 is 14.8 Å². The quantitative estimate of drug-likeness (QED) is 0.386. The van der Waals surface area contributed by atoms with E-state index < -0.39 is 27.1 Å². The van der Waals surface area contributed by atoms with Crippen LogP contribution in [0.3, 0.4) is 0 Å². The van der Waals surface area contributed by atoms with Gasteiger partial charge in [0.15, 0.2) is 16.6 Å². The Morgan fingerprint density at radius 2 is 1.71 bits per heavy atom. The maximum atomic E-state index is 12.8. The lowest BCUT2D eigenvalue weighted by Crippen LogP contribution is -2.16. The first-order valence-electron chi connectivity index (χ1n) is 10.1. The predicted octanol–water partition coefficient (Wildman–Crippen LogP) is 4.83. The molecule has 11 nitrogen and oxygen atoms in total. The third kappa shape index (κ3) is 4.81. The van der Waals surface area contributed by atoms with Gasteiger partial charge in [-0.15, -0.1) is 11.3 Å². The lowest BCUT2D eigenvalue weighted by Gasteiger charge is -2.17. The summed E-state index contributed by atoms with van der Waals surface area (Å²) in [6.45, 7) is 6.18. The number of thiazole rings is 1. The molecule has 0 saturated carbocycles. The first-order valence-corrected chi connectivity index (χ1v) is 11.0. The summed E-state index contributed by atoms with van der Waals surface area (Å²) < 4.78 is 10.8. The van der Waals surface area contributed by atoms with Crippen LogP contribution in [-0.2, 0) is 11.8 Å². The zero-order valence-corrected chi connectivity index (χ0v) is 19.3. The highest BCUT2D eigenvalue weighted by molar-refractivity contribution is 7.16. The second kappa shape index (κ2) is 8.71. The van der Waals surface area contributed by atoms with Crippen LogP contribution in [-0.4, -0.2) is 27.5 Å². The SMILES string of the molecule is CC(C)(C)c1nc(NC(=O)c2cc([N+](=O)[O-])cc([N+](=O)[O-])c2)sc1Cc1ccc2c(c1)OCO2. The van der Waals surface area contributed by atoms with Crippen LogP contribution in [0.15, 0.2) is 36.4 Å². The number of nitrogens with zero attached hydrogens (tertiary/aromatic N) is 3. The van der Waals surface area contributed by atoms with Gasteiger partial charge in [0, 0.05) is 28.8 Å². The fraction of sp³-hybridized carbons (Fsp3) is 0.273. The average Bonchev–Trinajstić information content (AvgIpc) is 3.39. The van der Waals surface area contributed by atoms with Gasteiger partial charge < -0.3 is 9.47 Å². The monoisotopic (exact) mass is 484 g/mol. The fourth-order valence-corrected chi connectivity index (χ4v) is 4.66. The number of nitro benzene ring substituents is 2. The lowest BCUT2D eigenvalue weighted by atomic mass is 9.90. The zero-order chi connectivity index (χ0) is 24.6. The Hall–Kier alpha value is -4.06. The molecule has 1 amide bonds. The molecule has 0 aliphatic carbocycles. The molecule has 0 spiro atoms. The van der Waals surface area contributed by atoms with Crippen LogP contribution in [0, 0.1) is 20.2 Å². The molecule has 0 bridgehead atoms. The Kier molecular flexibility index (Phi) is 5.92. The van der Waals surface area contributed by atoms with Gasteiger partial charge in [0.25, 0.3) is 17.3 Å². The van der Waals surface area contributed by atoms with E-state index in [2.05, 4.69) is 10.3 Å². The van der Waals surface area contributed by atoms with E-state index in [0.29, 0.717) is 23.1 Å². The van der Waals surface area contributed by atoms with Crippen LogP contribution in [0.1, 0.15) is 47.3 Å². The number of ether oxygens (including phenoxy) is 2. The molecule has 176 valence electrons. The number of rotatable bonds is 6. The summed E-state index contributed by atoms with van der Waals surface area (Å²) in [5, 5.41) is 25.2. The highest BCUT2D eigenvalue weighted by atomic mass is 32.1. The van der Waals surface area contributed by atoms with Crippen molar-refractivity contribution in [2.24, 2.45) is 0 Å². The van der Waals surface area contributed by atoms with Crippen molar-refractivity contribution in [1.29, 1.82) is 0 Å². The number of nitrogens with one attached hydrogen (secondary N) is 1. The molecule has 1 aliphatic heterocycles. The highest BCUT2D eigenvalue weighted by Crippen LogP contribution is 2.37. The van der Waals surface area contributed by atoms with Gasteiger partial charge in [-0.1, -0.05) is 26.8 Å². The molecular formula is C22H20N4O7S. The number of benzene rings is 2. The van der Waals surface area contributed by atoms with Crippen LogP contribution in [0.25, 0.3) is 0 Å². The fourth-order valence-electron chi connectivity index (χ4n) is 3.45. The number of aromatic nitrogens is 1. The molecule has 1 aromatic heterocycles. The van der Waals surface area contributed by atoms with Crippen LogP contribution >= 0.6 is 11.3 Å². The summed E-state index contributed by atoms with van der Waals surface area (Å²) in [5.74, 6) is 0.624. The van der Waals surface area contributed by atoms with Gasteiger partial charge >= 0.3 is 0 Å². The number of carbonyl (C=O) groups is 1. The number of anilines is 1. The van der Waals surface area contributed by atoms with E-state index in [9.17, 15) is 25.0 Å². The minimum Gasteiger partial charge on any atom is -0.454 e. The molecule has 12 heteroatoms. The van der Waals surface area contributed by atoms with E-state index >= 15 is 0 Å². The smallest absolute Gasteiger partial charge is 0.277 e. The number of fused-ring (bicyclic) bond motifs is 1. The van der Waals surface area contributed by atoms with Crippen LogP contribution in [0.4, 0.5) is 16.5 Å². The molecule has 2 aromatic carbocycles. The molecule has 1 N–H and O–H groups in total. The number of hydrogen-bond acceptors (Lipinski definition) is 9. The summed E-state index contributed by atoms with van der Waals surface area (Å²) in [6.07, 6.45) is 0.541. The Bertz CT molecular complexity index is 1280. The predicted molar refractivity (Wildman–Crippen MR) is 124 cm³/mol. The highest BCUT2D eigenvalue weighted by Gasteiger charge is 2.26. The van der Waals surface area contributed by atoms with E-state index in [-0.39, 0.29) is 17.8 Å². The van der Waals surface area contributed by atoms with Crippen LogP contribution in [0.5, 0.6) is 11.5 Å². The topological polar surface area (TPSA) is 147 Å². The van der Waals surface area contributed by atoms with E-state index in [1.165, 1.54) is 11.3 Å². The number of amides is 1. The molecule has 4 rings (SSSR count). The molecule has 1 aliphatic rings. The summed E-state index contributed by atoms with van der Waals surface area (Å²) in [5.41, 5.74) is 0.150. The Balaban J connectivity index is 1.63. The molecule has 0 saturated heterocycles. The number of carbonyl (C=O) groups excluding carboxylic acids is 1. The molecule has 0 fully saturated rings. The summed E-state index contributed by atoms with van der Waals surface area (Å²) in [4.78, 5) is 39.0. The first-order chi connectivity index (χ1) is 16.0. The standard InChI is InChI=1S/C22H20N4O7S/c1-22(2,3)19-18(7-12-4-5-16-17(6-12)33-11-32-16)34-21(23-19)24-20(27)13-8-14(25(28)29)10-15(9-13)26(30)31/h4-6,8-10H,7,11H2,1-3H3,(H,23,24,27). The first kappa shape index (κ1) is 23.1. The van der Waals surface area contributed by atoms with Gasteiger partial charge in [0.1, 0.15) is 0 Å². The molecule has 0 atom stereocenters. The second-order valence-corrected chi connectivity index (χ2v) is 9.70. The third-order valence-electron chi connectivity index (χ3n) is 5.02. The summed E-state index contributed by atoms with van der Waals surface area (Å²) in [6, 6.07) is 8.46. The molecule has 2 heterocycles. The molecule has 0 radical (unpaired) electrons. The van der Waals surface area contributed by atoms with Crippen molar-refractivity contribution in [1.82, 2.24) is 4.98 Å². The largest absolute Gasteiger partial charge is 0.454 e. The van der Waals surface area contributed by atoms with Crippen molar-refractivity contribution in [3.8, 4) is 11.5 Å². The maximum absolute atomic E-state index is 12.8. The van der Waals surface area contributed by atoms with Gasteiger partial charge in [0.2, 0.25) is 6.79 Å². The van der Waals surface area contributed by atoms with E-state index in [4.69, 9.17) is 9.47 Å². The maximum Gasteiger partial charge on any atom is 0.277 e. The van der Waals surface area contributed by atoms with E-state index in [0.717, 1.165) is 34.3 Å². The van der Waals surface area contributed by atoms with Crippen LogP contribution in [0.2, 0.25) is 0 Å². The van der Waals surface area contributed by atoms with Gasteiger partial charge in [-0.3, -0.25) is 30.3 Å². The minimum atomic E-state index is -0.783.